The highest BCUT2D eigenvalue weighted by Gasteiger charge is 2.23. The third-order valence-corrected chi connectivity index (χ3v) is 4.22. The van der Waals surface area contributed by atoms with E-state index in [2.05, 4.69) is 51.8 Å². The lowest BCUT2D eigenvalue weighted by Crippen LogP contribution is -2.39. The molecule has 0 atom stereocenters. The Morgan fingerprint density at radius 2 is 1.89 bits per heavy atom. The van der Waals surface area contributed by atoms with Crippen LogP contribution in [0.5, 0.6) is 0 Å². The van der Waals surface area contributed by atoms with Gasteiger partial charge < -0.3 is 5.73 Å². The summed E-state index contributed by atoms with van der Waals surface area (Å²) in [4.78, 5) is 13.4. The Morgan fingerprint density at radius 1 is 1.28 bits per heavy atom. The molecule has 0 heterocycles. The van der Waals surface area contributed by atoms with Gasteiger partial charge in [0.25, 0.3) is 0 Å². The van der Waals surface area contributed by atoms with Crippen molar-refractivity contribution >= 4 is 28.5 Å². The van der Waals surface area contributed by atoms with E-state index in [4.69, 9.17) is 5.73 Å². The average molecular weight is 358 g/mol. The molecule has 1 aliphatic carbocycles. The first-order valence-electron chi connectivity index (χ1n) is 6.42. The molecule has 1 aliphatic rings. The summed E-state index contributed by atoms with van der Waals surface area (Å²) in [7, 11) is 0. The maximum absolute atomic E-state index is 11.2. The third-order valence-electron chi connectivity index (χ3n) is 3.50. The number of carbonyl (C=O) groups excluding carboxylic acids is 1. The summed E-state index contributed by atoms with van der Waals surface area (Å²) in [6, 6.07) is 8.99. The minimum absolute atomic E-state index is 0.229. The van der Waals surface area contributed by atoms with E-state index in [1.54, 1.807) is 0 Å². The summed E-state index contributed by atoms with van der Waals surface area (Å²) >= 11 is 2.30. The second kappa shape index (κ2) is 6.52. The van der Waals surface area contributed by atoms with Crippen LogP contribution in [-0.4, -0.2) is 23.4 Å². The van der Waals surface area contributed by atoms with Crippen LogP contribution in [0, 0.1) is 3.57 Å². The van der Waals surface area contributed by atoms with Gasteiger partial charge in [-0.1, -0.05) is 25.0 Å². The molecule has 0 radical (unpaired) electrons. The smallest absolute Gasteiger partial charge is 0.231 e. The Labute approximate surface area is 122 Å². The standard InChI is InChI=1S/C14H19IN2O/c15-12-7-5-11(6-8-12)9-17(10-14(16)18)13-3-1-2-4-13/h5-8,13H,1-4,9-10H2,(H2,16,18). The van der Waals surface area contributed by atoms with Gasteiger partial charge in [0.2, 0.25) is 5.91 Å². The minimum atomic E-state index is -0.229. The fraction of sp³-hybridized carbons (Fsp3) is 0.500. The minimum Gasteiger partial charge on any atom is -0.369 e. The van der Waals surface area contributed by atoms with Gasteiger partial charge in [-0.2, -0.15) is 0 Å². The Bertz CT molecular complexity index is 399. The number of primary amides is 1. The fourth-order valence-corrected chi connectivity index (χ4v) is 2.97. The van der Waals surface area contributed by atoms with Crippen LogP contribution in [0.2, 0.25) is 0 Å². The van der Waals surface area contributed by atoms with Gasteiger partial charge in [0, 0.05) is 16.2 Å². The molecule has 1 aromatic carbocycles. The normalized spacial score (nSPS) is 16.3. The van der Waals surface area contributed by atoms with E-state index >= 15 is 0 Å². The molecular weight excluding hydrogens is 339 g/mol. The van der Waals surface area contributed by atoms with Gasteiger partial charge in [-0.15, -0.1) is 0 Å². The molecule has 0 unspecified atom stereocenters. The molecule has 3 nitrogen and oxygen atoms in total. The van der Waals surface area contributed by atoms with Gasteiger partial charge in [0.05, 0.1) is 6.54 Å². The highest BCUT2D eigenvalue weighted by atomic mass is 127. The first-order valence-corrected chi connectivity index (χ1v) is 7.50. The lowest BCUT2D eigenvalue weighted by atomic mass is 10.1. The fourth-order valence-electron chi connectivity index (χ4n) is 2.61. The van der Waals surface area contributed by atoms with Gasteiger partial charge in [-0.05, 0) is 53.1 Å². The van der Waals surface area contributed by atoms with Crippen molar-refractivity contribution in [1.29, 1.82) is 0 Å². The van der Waals surface area contributed by atoms with Crippen molar-refractivity contribution in [3.05, 3.63) is 33.4 Å². The number of amides is 1. The molecular formula is C14H19IN2O. The molecule has 1 saturated carbocycles. The summed E-state index contributed by atoms with van der Waals surface area (Å²) in [6.07, 6.45) is 4.93. The average Bonchev–Trinajstić information content (AvgIpc) is 2.84. The van der Waals surface area contributed by atoms with Crippen LogP contribution in [0.25, 0.3) is 0 Å². The van der Waals surface area contributed by atoms with E-state index < -0.39 is 0 Å². The Balaban J connectivity index is 2.03. The van der Waals surface area contributed by atoms with Crippen molar-refractivity contribution in [3.8, 4) is 0 Å². The maximum atomic E-state index is 11.2. The molecule has 1 aromatic rings. The second-order valence-electron chi connectivity index (χ2n) is 4.94. The maximum Gasteiger partial charge on any atom is 0.231 e. The van der Waals surface area contributed by atoms with Crippen molar-refractivity contribution < 1.29 is 4.79 Å². The van der Waals surface area contributed by atoms with Crippen molar-refractivity contribution in [1.82, 2.24) is 4.90 Å². The number of hydrogen-bond acceptors (Lipinski definition) is 2. The number of nitrogens with zero attached hydrogens (tertiary/aromatic N) is 1. The molecule has 2 rings (SSSR count). The molecule has 1 amide bonds. The molecule has 18 heavy (non-hydrogen) atoms. The number of nitrogens with two attached hydrogens (primary N) is 1. The zero-order chi connectivity index (χ0) is 13.0. The Morgan fingerprint density at radius 3 is 2.44 bits per heavy atom. The number of halogens is 1. The quantitative estimate of drug-likeness (QED) is 0.823. The SMILES string of the molecule is NC(=O)CN(Cc1ccc(I)cc1)C1CCCC1. The summed E-state index contributed by atoms with van der Waals surface area (Å²) < 4.78 is 1.23. The van der Waals surface area contributed by atoms with Gasteiger partial charge in [0.1, 0.15) is 0 Å². The molecule has 0 saturated heterocycles. The van der Waals surface area contributed by atoms with Crippen molar-refractivity contribution in [2.24, 2.45) is 5.73 Å². The topological polar surface area (TPSA) is 46.3 Å². The molecule has 0 spiro atoms. The number of rotatable bonds is 5. The van der Waals surface area contributed by atoms with E-state index in [-0.39, 0.29) is 5.91 Å². The predicted octanol–water partition coefficient (Wildman–Crippen LogP) is 2.52. The van der Waals surface area contributed by atoms with Gasteiger partial charge in [-0.3, -0.25) is 9.69 Å². The molecule has 0 aromatic heterocycles. The van der Waals surface area contributed by atoms with Crippen LogP contribution in [0.3, 0.4) is 0 Å². The number of hydrogen-bond donors (Lipinski definition) is 1. The van der Waals surface area contributed by atoms with Crippen molar-refractivity contribution in [2.45, 2.75) is 38.3 Å². The largest absolute Gasteiger partial charge is 0.369 e. The molecule has 0 bridgehead atoms. The van der Waals surface area contributed by atoms with Crippen LogP contribution >= 0.6 is 22.6 Å². The van der Waals surface area contributed by atoms with E-state index in [1.165, 1.54) is 34.8 Å². The summed E-state index contributed by atoms with van der Waals surface area (Å²) in [5.74, 6) is -0.229. The van der Waals surface area contributed by atoms with Gasteiger partial charge in [0.15, 0.2) is 0 Å². The molecule has 4 heteroatoms. The molecule has 98 valence electrons. The zero-order valence-corrected chi connectivity index (χ0v) is 12.6. The van der Waals surface area contributed by atoms with E-state index in [1.807, 2.05) is 0 Å². The van der Waals surface area contributed by atoms with Crippen molar-refractivity contribution in [3.63, 3.8) is 0 Å². The lowest BCUT2D eigenvalue weighted by molar-refractivity contribution is -0.119. The van der Waals surface area contributed by atoms with Crippen molar-refractivity contribution in [2.75, 3.05) is 6.54 Å². The van der Waals surface area contributed by atoms with E-state index in [0.29, 0.717) is 12.6 Å². The van der Waals surface area contributed by atoms with E-state index in [0.717, 1.165) is 6.54 Å². The Hall–Kier alpha value is -0.620. The monoisotopic (exact) mass is 358 g/mol. The molecule has 0 aliphatic heterocycles. The van der Waals surface area contributed by atoms with Gasteiger partial charge in [-0.25, -0.2) is 0 Å². The molecule has 2 N–H and O–H groups in total. The second-order valence-corrected chi connectivity index (χ2v) is 6.18. The third kappa shape index (κ3) is 3.95. The first kappa shape index (κ1) is 13.8. The highest BCUT2D eigenvalue weighted by Crippen LogP contribution is 2.24. The summed E-state index contributed by atoms with van der Waals surface area (Å²) in [6.45, 7) is 1.20. The van der Waals surface area contributed by atoms with Crippen LogP contribution < -0.4 is 5.73 Å². The number of carbonyl (C=O) groups is 1. The van der Waals surface area contributed by atoms with Crippen LogP contribution in [0.4, 0.5) is 0 Å². The van der Waals surface area contributed by atoms with Crippen LogP contribution in [-0.2, 0) is 11.3 Å². The summed E-state index contributed by atoms with van der Waals surface area (Å²) in [5, 5.41) is 0. The molecule has 1 fully saturated rings. The predicted molar refractivity (Wildman–Crippen MR) is 81.0 cm³/mol. The lowest BCUT2D eigenvalue weighted by Gasteiger charge is -2.27. The zero-order valence-electron chi connectivity index (χ0n) is 10.4. The first-order chi connectivity index (χ1) is 8.65. The van der Waals surface area contributed by atoms with Gasteiger partial charge >= 0.3 is 0 Å². The van der Waals surface area contributed by atoms with E-state index in [9.17, 15) is 4.79 Å². The number of benzene rings is 1. The Kier molecular flexibility index (Phi) is 5.00. The van der Waals surface area contributed by atoms with Crippen LogP contribution in [0.15, 0.2) is 24.3 Å². The summed E-state index contributed by atoms with van der Waals surface area (Å²) in [5.41, 5.74) is 6.61. The highest BCUT2D eigenvalue weighted by molar-refractivity contribution is 14.1. The van der Waals surface area contributed by atoms with Crippen LogP contribution in [0.1, 0.15) is 31.2 Å².